The van der Waals surface area contributed by atoms with Gasteiger partial charge in [0.2, 0.25) is 6.79 Å². The third-order valence-electron chi connectivity index (χ3n) is 7.92. The van der Waals surface area contributed by atoms with Gasteiger partial charge in [-0.2, -0.15) is 11.8 Å². The molecule has 3 heterocycles. The number of nitrogens with zero attached hydrogens (tertiary/aromatic N) is 4. The van der Waals surface area contributed by atoms with Crippen LogP contribution in [0.25, 0.3) is 11.4 Å². The van der Waals surface area contributed by atoms with Crippen LogP contribution in [0.1, 0.15) is 65.1 Å². The molecule has 1 aromatic heterocycles. The second-order valence-corrected chi connectivity index (χ2v) is 12.5. The van der Waals surface area contributed by atoms with E-state index in [2.05, 4.69) is 102 Å². The Morgan fingerprint density at radius 3 is 2.20 bits per heavy atom. The van der Waals surface area contributed by atoms with Gasteiger partial charge in [0.05, 0.1) is 11.9 Å². The molecule has 0 unspecified atom stereocenters. The van der Waals surface area contributed by atoms with Crippen LogP contribution in [0, 0.1) is 6.92 Å². The number of hydrogen-bond acceptors (Lipinski definition) is 6. The SMILES string of the molecule is CC.CCCCn1c(CN(CCN2CCSCC2)C/C(=C/C2=C(C)OCO2)CC)cnc1-c1ccccc1.Cc1ccccc1. The zero-order valence-electron chi connectivity index (χ0n) is 28.6. The molecule has 3 aromatic rings. The van der Waals surface area contributed by atoms with Gasteiger partial charge >= 0.3 is 0 Å². The molecule has 0 amide bonds. The lowest BCUT2D eigenvalue weighted by Crippen LogP contribution is -2.40. The first kappa shape index (κ1) is 36.5. The number of allylic oxidation sites excluding steroid dienone is 2. The fraction of sp³-hybridized carbons (Fsp3) is 0.500. The first-order valence-corrected chi connectivity index (χ1v) is 18.0. The van der Waals surface area contributed by atoms with Crippen molar-refractivity contribution >= 4 is 11.8 Å². The van der Waals surface area contributed by atoms with Gasteiger partial charge in [-0.05, 0) is 32.8 Å². The van der Waals surface area contributed by atoms with E-state index in [1.165, 1.54) is 53.4 Å². The Bertz CT molecular complexity index is 1280. The van der Waals surface area contributed by atoms with E-state index < -0.39 is 0 Å². The molecule has 2 aromatic carbocycles. The van der Waals surface area contributed by atoms with Crippen molar-refractivity contribution in [1.29, 1.82) is 0 Å². The molecule has 0 bridgehead atoms. The van der Waals surface area contributed by atoms with Crippen LogP contribution in [0.4, 0.5) is 0 Å². The van der Waals surface area contributed by atoms with Gasteiger partial charge in [0.25, 0.3) is 0 Å². The number of thioether (sulfide) groups is 1. The number of benzene rings is 2. The van der Waals surface area contributed by atoms with Crippen LogP contribution in [0.15, 0.2) is 90.0 Å². The lowest BCUT2D eigenvalue weighted by molar-refractivity contribution is 0.0749. The first-order chi connectivity index (χ1) is 22.1. The monoisotopic (exact) mass is 632 g/mol. The van der Waals surface area contributed by atoms with E-state index in [1.54, 1.807) is 0 Å². The van der Waals surface area contributed by atoms with Crippen molar-refractivity contribution in [3.05, 3.63) is 101 Å². The molecule has 2 aliphatic rings. The lowest BCUT2D eigenvalue weighted by Gasteiger charge is -2.30. The number of rotatable bonds is 13. The van der Waals surface area contributed by atoms with E-state index >= 15 is 0 Å². The summed E-state index contributed by atoms with van der Waals surface area (Å²) < 4.78 is 13.7. The Kier molecular flexibility index (Phi) is 17.0. The molecular weight excluding hydrogens is 577 g/mol. The molecule has 0 aliphatic carbocycles. The molecule has 0 N–H and O–H groups in total. The molecule has 1 fully saturated rings. The van der Waals surface area contributed by atoms with Gasteiger partial charge in [0.15, 0.2) is 5.76 Å². The largest absolute Gasteiger partial charge is 0.458 e. The second kappa shape index (κ2) is 20.9. The summed E-state index contributed by atoms with van der Waals surface area (Å²) in [7, 11) is 0. The van der Waals surface area contributed by atoms with Crippen molar-refractivity contribution in [3.8, 4) is 11.4 Å². The van der Waals surface area contributed by atoms with Crippen LogP contribution in [0.2, 0.25) is 0 Å². The summed E-state index contributed by atoms with van der Waals surface area (Å²) in [5.74, 6) is 5.32. The lowest BCUT2D eigenvalue weighted by atomic mass is 10.1. The molecule has 0 saturated carbocycles. The highest BCUT2D eigenvalue weighted by molar-refractivity contribution is 7.99. The predicted molar refractivity (Wildman–Crippen MR) is 192 cm³/mol. The van der Waals surface area contributed by atoms with Gasteiger partial charge < -0.3 is 18.9 Å². The number of ether oxygens (including phenoxy) is 2. The quantitative estimate of drug-likeness (QED) is 0.188. The summed E-state index contributed by atoms with van der Waals surface area (Å²) in [6, 6.07) is 20.9. The van der Waals surface area contributed by atoms with E-state index in [-0.39, 0.29) is 0 Å². The summed E-state index contributed by atoms with van der Waals surface area (Å²) in [4.78, 5) is 10.1. The highest BCUT2D eigenvalue weighted by Crippen LogP contribution is 2.23. The van der Waals surface area contributed by atoms with Crippen LogP contribution in [0.3, 0.4) is 0 Å². The molecule has 6 nitrogen and oxygen atoms in total. The molecule has 2 aliphatic heterocycles. The van der Waals surface area contributed by atoms with Crippen LogP contribution in [-0.2, 0) is 22.6 Å². The van der Waals surface area contributed by atoms with E-state index in [1.807, 2.05) is 39.0 Å². The van der Waals surface area contributed by atoms with Gasteiger partial charge in [-0.3, -0.25) is 4.90 Å². The number of aromatic nitrogens is 2. The van der Waals surface area contributed by atoms with E-state index in [4.69, 9.17) is 14.5 Å². The van der Waals surface area contributed by atoms with E-state index in [9.17, 15) is 0 Å². The number of aryl methyl sites for hydroxylation is 1. The number of imidazole rings is 1. The van der Waals surface area contributed by atoms with Crippen LogP contribution >= 0.6 is 11.8 Å². The van der Waals surface area contributed by atoms with Crippen LogP contribution in [-0.4, -0.2) is 70.4 Å². The molecule has 5 rings (SSSR count). The summed E-state index contributed by atoms with van der Waals surface area (Å²) in [5.41, 5.74) is 5.17. The zero-order chi connectivity index (χ0) is 32.3. The zero-order valence-corrected chi connectivity index (χ0v) is 29.5. The first-order valence-electron chi connectivity index (χ1n) is 16.9. The fourth-order valence-electron chi connectivity index (χ4n) is 5.24. The van der Waals surface area contributed by atoms with Gasteiger partial charge in [0, 0.05) is 62.9 Å². The highest BCUT2D eigenvalue weighted by atomic mass is 32.2. The Labute approximate surface area is 277 Å². The topological polar surface area (TPSA) is 42.8 Å². The van der Waals surface area contributed by atoms with Gasteiger partial charge in [-0.1, -0.05) is 106 Å². The highest BCUT2D eigenvalue weighted by Gasteiger charge is 2.19. The molecule has 0 radical (unpaired) electrons. The standard InChI is InChI=1S/C29H42N4O2S.C7H8.C2H6/c1-4-6-12-33-27(20-30-29(33)26-10-8-7-9-11-26)22-32(14-13-31-15-17-36-18-16-31)21-25(5-2)19-28-24(3)34-23-35-28;1-7-5-3-2-4-6-7;1-2/h7-11,19-20H,4-6,12-18,21-23H2,1-3H3;2-6H,1H3;1-2H3/b25-19+;;. The van der Waals surface area contributed by atoms with Gasteiger partial charge in [0.1, 0.15) is 11.6 Å². The maximum atomic E-state index is 5.71. The third-order valence-corrected chi connectivity index (χ3v) is 8.86. The maximum Gasteiger partial charge on any atom is 0.230 e. The predicted octanol–water partition coefficient (Wildman–Crippen LogP) is 8.79. The van der Waals surface area contributed by atoms with E-state index in [0.29, 0.717) is 6.79 Å². The molecule has 246 valence electrons. The van der Waals surface area contributed by atoms with Crippen molar-refractivity contribution in [3.63, 3.8) is 0 Å². The van der Waals surface area contributed by atoms with Crippen LogP contribution in [0.5, 0.6) is 0 Å². The maximum absolute atomic E-state index is 5.71. The normalized spacial score (nSPS) is 15.1. The number of hydrogen-bond donors (Lipinski definition) is 0. The van der Waals surface area contributed by atoms with Crippen molar-refractivity contribution < 1.29 is 9.47 Å². The Morgan fingerprint density at radius 1 is 0.933 bits per heavy atom. The summed E-state index contributed by atoms with van der Waals surface area (Å²) in [5, 5.41) is 0. The summed E-state index contributed by atoms with van der Waals surface area (Å²) in [6.45, 7) is 20.2. The average molecular weight is 633 g/mol. The molecule has 45 heavy (non-hydrogen) atoms. The molecule has 1 saturated heterocycles. The van der Waals surface area contributed by atoms with Crippen LogP contribution < -0.4 is 0 Å². The van der Waals surface area contributed by atoms with Gasteiger partial charge in [-0.15, -0.1) is 0 Å². The fourth-order valence-corrected chi connectivity index (χ4v) is 6.21. The Hall–Kier alpha value is -3.00. The minimum atomic E-state index is 0.324. The van der Waals surface area contributed by atoms with E-state index in [0.717, 1.165) is 62.9 Å². The van der Waals surface area contributed by atoms with Crippen molar-refractivity contribution in [1.82, 2.24) is 19.4 Å². The minimum absolute atomic E-state index is 0.324. The number of unbranched alkanes of at least 4 members (excludes halogenated alkanes) is 1. The molecule has 0 spiro atoms. The molecule has 7 heteroatoms. The molecule has 0 atom stereocenters. The van der Waals surface area contributed by atoms with Gasteiger partial charge in [-0.25, -0.2) is 4.98 Å². The minimum Gasteiger partial charge on any atom is -0.458 e. The average Bonchev–Trinajstić information content (AvgIpc) is 3.69. The molecular formula is C38H56N4O2S. The van der Waals surface area contributed by atoms with Crippen molar-refractivity contribution in [2.24, 2.45) is 0 Å². The Balaban J connectivity index is 0.000000534. The van der Waals surface area contributed by atoms with Crippen molar-refractivity contribution in [2.75, 3.05) is 51.0 Å². The summed E-state index contributed by atoms with van der Waals surface area (Å²) in [6.07, 6.45) is 7.60. The second-order valence-electron chi connectivity index (χ2n) is 11.2. The summed E-state index contributed by atoms with van der Waals surface area (Å²) >= 11 is 2.07. The Morgan fingerprint density at radius 2 is 1.62 bits per heavy atom. The van der Waals surface area contributed by atoms with Crippen molar-refractivity contribution in [2.45, 2.75) is 73.9 Å². The smallest absolute Gasteiger partial charge is 0.230 e. The third kappa shape index (κ3) is 12.4.